The van der Waals surface area contributed by atoms with Crippen LogP contribution in [0, 0.1) is 0 Å². The molecule has 0 fully saturated rings. The van der Waals surface area contributed by atoms with E-state index in [9.17, 15) is 5.11 Å². The lowest BCUT2D eigenvalue weighted by Gasteiger charge is -2.13. The van der Waals surface area contributed by atoms with Gasteiger partial charge < -0.3 is 5.11 Å². The molecule has 0 radical (unpaired) electrons. The number of rotatable bonds is 8. The minimum absolute atomic E-state index is 0.166. The van der Waals surface area contributed by atoms with Crippen LogP contribution in [0.15, 0.2) is 0 Å². The third-order valence-electron chi connectivity index (χ3n) is 2.31. The molecule has 0 aliphatic rings. The van der Waals surface area contributed by atoms with Crippen molar-refractivity contribution in [3.05, 3.63) is 0 Å². The van der Waals surface area contributed by atoms with Crippen LogP contribution in [0.1, 0.15) is 52.9 Å². The molecule has 0 aliphatic carbocycles. The van der Waals surface area contributed by atoms with Crippen LogP contribution in [-0.4, -0.2) is 22.2 Å². The fourth-order valence-corrected chi connectivity index (χ4v) is 2.14. The molecule has 0 heterocycles. The Morgan fingerprint density at radius 2 is 1.69 bits per heavy atom. The molecule has 0 rings (SSSR count). The van der Waals surface area contributed by atoms with E-state index in [1.54, 1.807) is 0 Å². The first kappa shape index (κ1) is 13.3. The van der Waals surface area contributed by atoms with Crippen LogP contribution in [0.3, 0.4) is 0 Å². The van der Waals surface area contributed by atoms with Crippen molar-refractivity contribution in [2.45, 2.75) is 64.2 Å². The fraction of sp³-hybridized carbons (Fsp3) is 1.00. The molecule has 0 saturated carbocycles. The lowest BCUT2D eigenvalue weighted by Crippen LogP contribution is -2.15. The van der Waals surface area contributed by atoms with Crippen LogP contribution >= 0.6 is 11.8 Å². The third-order valence-corrected chi connectivity index (χ3v) is 3.75. The Bertz CT molecular complexity index is 104. The van der Waals surface area contributed by atoms with Crippen molar-refractivity contribution in [3.63, 3.8) is 0 Å². The number of hydrogen-bond acceptors (Lipinski definition) is 2. The van der Waals surface area contributed by atoms with Crippen LogP contribution < -0.4 is 0 Å². The van der Waals surface area contributed by atoms with Gasteiger partial charge in [0.15, 0.2) is 0 Å². The summed E-state index contributed by atoms with van der Waals surface area (Å²) in [5.74, 6) is 1.20. The summed E-state index contributed by atoms with van der Waals surface area (Å²) in [6, 6.07) is 0. The third kappa shape index (κ3) is 8.63. The van der Waals surface area contributed by atoms with Crippen molar-refractivity contribution >= 4 is 11.8 Å². The van der Waals surface area contributed by atoms with Crippen LogP contribution in [0.5, 0.6) is 0 Å². The van der Waals surface area contributed by atoms with Gasteiger partial charge in [-0.2, -0.15) is 11.8 Å². The number of aliphatic hydroxyl groups is 1. The summed E-state index contributed by atoms with van der Waals surface area (Å²) in [5, 5.41) is 9.64. The zero-order valence-electron chi connectivity index (χ0n) is 9.25. The van der Waals surface area contributed by atoms with Crippen molar-refractivity contribution in [2.24, 2.45) is 0 Å². The highest BCUT2D eigenvalue weighted by molar-refractivity contribution is 7.99. The molecule has 0 bridgehead atoms. The van der Waals surface area contributed by atoms with Crippen LogP contribution in [0.4, 0.5) is 0 Å². The topological polar surface area (TPSA) is 20.2 Å². The number of thioether (sulfide) groups is 1. The van der Waals surface area contributed by atoms with E-state index in [-0.39, 0.29) is 6.10 Å². The molecule has 0 spiro atoms. The molecule has 2 unspecified atom stereocenters. The number of unbranched alkanes of at least 4 members (excludes halogenated alkanes) is 4. The lowest BCUT2D eigenvalue weighted by molar-refractivity contribution is 0.196. The first-order chi connectivity index (χ1) is 6.18. The van der Waals surface area contributed by atoms with Crippen molar-refractivity contribution in [1.29, 1.82) is 0 Å². The molecule has 0 amide bonds. The molecule has 0 aromatic heterocycles. The highest BCUT2D eigenvalue weighted by Gasteiger charge is 2.07. The first-order valence-corrected chi connectivity index (χ1v) is 6.53. The average Bonchev–Trinajstić information content (AvgIpc) is 2.10. The van der Waals surface area contributed by atoms with Crippen molar-refractivity contribution in [2.75, 3.05) is 5.75 Å². The monoisotopic (exact) mass is 204 g/mol. The Morgan fingerprint density at radius 3 is 2.23 bits per heavy atom. The second kappa shape index (κ2) is 8.89. The smallest absolute Gasteiger partial charge is 0.0627 e. The van der Waals surface area contributed by atoms with Gasteiger partial charge in [-0.15, -0.1) is 0 Å². The number of hydrogen-bond donors (Lipinski definition) is 1. The van der Waals surface area contributed by atoms with Crippen LogP contribution in [0.25, 0.3) is 0 Å². The normalized spacial score (nSPS) is 15.7. The molecule has 0 aliphatic heterocycles. The molecule has 2 atom stereocenters. The van der Waals surface area contributed by atoms with Crippen molar-refractivity contribution in [1.82, 2.24) is 0 Å². The Hall–Kier alpha value is 0.310. The second-order valence-electron chi connectivity index (χ2n) is 3.73. The molecular formula is C11H24OS. The molecule has 1 nitrogen and oxygen atoms in total. The van der Waals surface area contributed by atoms with E-state index in [1.165, 1.54) is 37.9 Å². The van der Waals surface area contributed by atoms with E-state index < -0.39 is 0 Å². The lowest BCUT2D eigenvalue weighted by atomic mass is 10.2. The minimum atomic E-state index is -0.166. The van der Waals surface area contributed by atoms with Gasteiger partial charge in [-0.3, -0.25) is 0 Å². The maximum absolute atomic E-state index is 9.24. The van der Waals surface area contributed by atoms with Gasteiger partial charge in [-0.1, -0.05) is 39.5 Å². The van der Waals surface area contributed by atoms with Gasteiger partial charge >= 0.3 is 0 Å². The van der Waals surface area contributed by atoms with Gasteiger partial charge in [0.2, 0.25) is 0 Å². The van der Waals surface area contributed by atoms with Gasteiger partial charge in [-0.05, 0) is 19.1 Å². The zero-order chi connectivity index (χ0) is 10.1. The highest BCUT2D eigenvalue weighted by atomic mass is 32.2. The molecular weight excluding hydrogens is 180 g/mol. The van der Waals surface area contributed by atoms with Gasteiger partial charge in [0.25, 0.3) is 0 Å². The van der Waals surface area contributed by atoms with Gasteiger partial charge in [-0.25, -0.2) is 0 Å². The quantitative estimate of drug-likeness (QED) is 0.611. The molecule has 0 aromatic carbocycles. The molecule has 0 saturated heterocycles. The summed E-state index contributed by atoms with van der Waals surface area (Å²) >= 11 is 1.89. The Labute approximate surface area is 87.3 Å². The van der Waals surface area contributed by atoms with E-state index in [1.807, 2.05) is 18.7 Å². The van der Waals surface area contributed by atoms with Gasteiger partial charge in [0.05, 0.1) is 6.10 Å². The summed E-state index contributed by atoms with van der Waals surface area (Å²) in [7, 11) is 0. The van der Waals surface area contributed by atoms with Crippen molar-refractivity contribution < 1.29 is 5.11 Å². The highest BCUT2D eigenvalue weighted by Crippen LogP contribution is 2.16. The molecule has 1 N–H and O–H groups in total. The Balaban J connectivity index is 3.07. The summed E-state index contributed by atoms with van der Waals surface area (Å²) < 4.78 is 0. The zero-order valence-corrected chi connectivity index (χ0v) is 10.1. The Kier molecular flexibility index (Phi) is 9.10. The van der Waals surface area contributed by atoms with Gasteiger partial charge in [0.1, 0.15) is 0 Å². The maximum atomic E-state index is 9.24. The van der Waals surface area contributed by atoms with Crippen LogP contribution in [0.2, 0.25) is 0 Å². The summed E-state index contributed by atoms with van der Waals surface area (Å²) in [6.07, 6.45) is 6.56. The van der Waals surface area contributed by atoms with E-state index in [0.717, 1.165) is 0 Å². The number of aliphatic hydroxyl groups excluding tert-OH is 1. The average molecular weight is 204 g/mol. The summed E-state index contributed by atoms with van der Waals surface area (Å²) in [4.78, 5) is 0. The van der Waals surface area contributed by atoms with Crippen LogP contribution in [-0.2, 0) is 0 Å². The van der Waals surface area contributed by atoms with E-state index in [0.29, 0.717) is 5.25 Å². The van der Waals surface area contributed by atoms with E-state index >= 15 is 0 Å². The second-order valence-corrected chi connectivity index (χ2v) is 5.22. The largest absolute Gasteiger partial charge is 0.392 e. The molecule has 80 valence electrons. The summed E-state index contributed by atoms with van der Waals surface area (Å²) in [6.45, 7) is 6.21. The Morgan fingerprint density at radius 1 is 1.08 bits per heavy atom. The SMILES string of the molecule is CCCCCCCSC(C)C(C)O. The maximum Gasteiger partial charge on any atom is 0.0627 e. The predicted molar refractivity (Wildman–Crippen MR) is 62.4 cm³/mol. The van der Waals surface area contributed by atoms with E-state index in [2.05, 4.69) is 13.8 Å². The van der Waals surface area contributed by atoms with Gasteiger partial charge in [0, 0.05) is 5.25 Å². The fourth-order valence-electron chi connectivity index (χ4n) is 1.11. The molecule has 0 aromatic rings. The van der Waals surface area contributed by atoms with E-state index in [4.69, 9.17) is 0 Å². The molecule has 2 heteroatoms. The first-order valence-electron chi connectivity index (χ1n) is 5.48. The standard InChI is InChI=1S/C11H24OS/c1-4-5-6-7-8-9-13-11(3)10(2)12/h10-12H,4-9H2,1-3H3. The predicted octanol–water partition coefficient (Wildman–Crippen LogP) is 3.46. The minimum Gasteiger partial charge on any atom is -0.392 e. The van der Waals surface area contributed by atoms with Crippen molar-refractivity contribution in [3.8, 4) is 0 Å². The summed E-state index contributed by atoms with van der Waals surface area (Å²) in [5.41, 5.74) is 0. The molecule has 13 heavy (non-hydrogen) atoms.